The molecule has 0 bridgehead atoms. The summed E-state index contributed by atoms with van der Waals surface area (Å²) in [5.41, 5.74) is 5.98. The van der Waals surface area contributed by atoms with Gasteiger partial charge in [0, 0.05) is 43.5 Å². The molecule has 0 spiro atoms. The minimum atomic E-state index is -0.652. The first kappa shape index (κ1) is 29.8. The number of nitrogens with one attached hydrogen (secondary N) is 2. The normalized spacial score (nSPS) is 16.9. The summed E-state index contributed by atoms with van der Waals surface area (Å²) in [6.07, 6.45) is 5.61. The number of likely N-dealkylation sites (N-methyl/N-ethyl adjacent to an activating group) is 1. The Morgan fingerprint density at radius 2 is 1.96 bits per heavy atom. The van der Waals surface area contributed by atoms with E-state index in [2.05, 4.69) is 55.8 Å². The molecule has 0 radical (unpaired) electrons. The van der Waals surface area contributed by atoms with E-state index >= 15 is 0 Å². The number of aromatic nitrogens is 6. The average Bonchev–Trinajstić information content (AvgIpc) is 3.64. The Morgan fingerprint density at radius 3 is 2.74 bits per heavy atom. The van der Waals surface area contributed by atoms with Crippen LogP contribution >= 0.6 is 0 Å². The third-order valence-corrected chi connectivity index (χ3v) is 9.48. The first-order chi connectivity index (χ1) is 22.1. The van der Waals surface area contributed by atoms with Gasteiger partial charge < -0.3 is 19.9 Å². The van der Waals surface area contributed by atoms with E-state index in [0.29, 0.717) is 43.1 Å². The van der Waals surface area contributed by atoms with Crippen LogP contribution in [0.4, 0.5) is 10.2 Å². The van der Waals surface area contributed by atoms with Crippen LogP contribution in [0.2, 0.25) is 0 Å². The van der Waals surface area contributed by atoms with Crippen molar-refractivity contribution in [1.29, 1.82) is 0 Å². The van der Waals surface area contributed by atoms with Crippen LogP contribution in [0.15, 0.2) is 42.7 Å². The number of phenols is 1. The summed E-state index contributed by atoms with van der Waals surface area (Å²) in [5, 5.41) is 18.3. The molecule has 0 unspecified atom stereocenters. The number of anilines is 1. The van der Waals surface area contributed by atoms with Crippen molar-refractivity contribution in [2.24, 2.45) is 0 Å². The highest BCUT2D eigenvalue weighted by atomic mass is 19.1. The number of nitrogens with zero attached hydrogens (tertiary/aromatic N) is 7. The third-order valence-electron chi connectivity index (χ3n) is 9.48. The van der Waals surface area contributed by atoms with Gasteiger partial charge >= 0.3 is 0 Å². The van der Waals surface area contributed by atoms with Crippen molar-refractivity contribution in [1.82, 2.24) is 39.9 Å². The highest BCUT2D eigenvalue weighted by Gasteiger charge is 2.31. The number of aromatic amines is 2. The Labute approximate surface area is 266 Å². The van der Waals surface area contributed by atoms with Gasteiger partial charge in [-0.1, -0.05) is 13.0 Å². The lowest BCUT2D eigenvalue weighted by atomic mass is 9.96. The van der Waals surface area contributed by atoms with Crippen LogP contribution < -0.4 is 4.90 Å². The summed E-state index contributed by atoms with van der Waals surface area (Å²) >= 11 is 0. The zero-order valence-electron chi connectivity index (χ0n) is 26.6. The summed E-state index contributed by atoms with van der Waals surface area (Å²) in [5.74, 6) is 0.253. The fourth-order valence-corrected chi connectivity index (χ4v) is 6.53. The van der Waals surface area contributed by atoms with Gasteiger partial charge in [0.2, 0.25) is 0 Å². The Bertz CT molecular complexity index is 1930. The van der Waals surface area contributed by atoms with Gasteiger partial charge in [-0.15, -0.1) is 0 Å². The number of imidazole rings is 1. The number of hydrogen-bond acceptors (Lipinski definition) is 8. The number of fused-ring (bicyclic) bond motifs is 2. The first-order valence-corrected chi connectivity index (χ1v) is 15.8. The first-order valence-electron chi connectivity index (χ1n) is 15.8. The number of aryl methyl sites for hydroxylation is 1. The van der Waals surface area contributed by atoms with Crippen LogP contribution in [0.3, 0.4) is 0 Å². The SMILES string of the molecule is CCc1cc(O)c(F)cc1-c1ccc2c(-c3nc4c([nH]3)CN(C(=O)c3cnc(N5CCCN(C)C(C)(C)C5)cn3)CC4)n[nH]c2c1. The number of carbonyl (C=O) groups excluding carboxylic acids is 1. The van der Waals surface area contributed by atoms with Gasteiger partial charge in [-0.25, -0.2) is 19.3 Å². The predicted octanol–water partition coefficient (Wildman–Crippen LogP) is 4.94. The zero-order valence-corrected chi connectivity index (χ0v) is 26.6. The van der Waals surface area contributed by atoms with Crippen LogP contribution in [0.5, 0.6) is 5.75 Å². The van der Waals surface area contributed by atoms with E-state index in [9.17, 15) is 14.3 Å². The largest absolute Gasteiger partial charge is 0.505 e. The van der Waals surface area contributed by atoms with Crippen LogP contribution in [0.25, 0.3) is 33.5 Å². The molecule has 2 aliphatic rings. The van der Waals surface area contributed by atoms with Crippen LogP contribution in [0, 0.1) is 5.82 Å². The van der Waals surface area contributed by atoms with E-state index in [1.807, 2.05) is 25.1 Å². The lowest BCUT2D eigenvalue weighted by Crippen LogP contribution is -2.47. The summed E-state index contributed by atoms with van der Waals surface area (Å²) in [7, 11) is 2.15. The minimum Gasteiger partial charge on any atom is -0.505 e. The standard InChI is InChI=1S/C34H38FN9O2/c1-5-20-14-29(45)24(35)15-23(20)21-7-8-22-26(13-21)40-41-31(22)32-38-25-9-12-43(18-28(25)39-32)33(46)27-16-37-30(17-36-27)44-11-6-10-42(4)34(2,3)19-44/h7-8,13-17,45H,5-6,9-12,18-19H2,1-4H3,(H,38,39)(H,40,41). The van der Waals surface area contributed by atoms with Crippen molar-refractivity contribution < 1.29 is 14.3 Å². The molecule has 1 fully saturated rings. The molecule has 12 heteroatoms. The molecule has 2 aromatic carbocycles. The number of hydrogen-bond donors (Lipinski definition) is 3. The number of halogens is 1. The molecular formula is C34H38FN9O2. The van der Waals surface area contributed by atoms with E-state index in [0.717, 1.165) is 70.9 Å². The van der Waals surface area contributed by atoms with Gasteiger partial charge in [0.25, 0.3) is 5.91 Å². The molecule has 0 atom stereocenters. The number of benzene rings is 2. The number of aromatic hydroxyl groups is 1. The average molecular weight is 624 g/mol. The smallest absolute Gasteiger partial charge is 0.274 e. The molecule has 0 aliphatic carbocycles. The molecule has 3 N–H and O–H groups in total. The quantitative estimate of drug-likeness (QED) is 0.251. The fraction of sp³-hybridized carbons (Fsp3) is 0.382. The molecule has 1 saturated heterocycles. The minimum absolute atomic E-state index is 0.0134. The van der Waals surface area contributed by atoms with Crippen molar-refractivity contribution in [3.63, 3.8) is 0 Å². The molecule has 11 nitrogen and oxygen atoms in total. The second-order valence-corrected chi connectivity index (χ2v) is 12.9. The Kier molecular flexibility index (Phi) is 7.47. The predicted molar refractivity (Wildman–Crippen MR) is 174 cm³/mol. The topological polar surface area (TPSA) is 130 Å². The maximum absolute atomic E-state index is 14.2. The zero-order chi connectivity index (χ0) is 32.2. The maximum atomic E-state index is 14.2. The van der Waals surface area contributed by atoms with E-state index < -0.39 is 5.82 Å². The van der Waals surface area contributed by atoms with Crippen LogP contribution in [-0.4, -0.2) is 89.7 Å². The van der Waals surface area contributed by atoms with Crippen molar-refractivity contribution in [3.05, 3.63) is 71.2 Å². The summed E-state index contributed by atoms with van der Waals surface area (Å²) in [6, 6.07) is 8.65. The van der Waals surface area contributed by atoms with E-state index in [4.69, 9.17) is 4.98 Å². The molecule has 238 valence electrons. The fourth-order valence-electron chi connectivity index (χ4n) is 6.53. The molecule has 3 aromatic heterocycles. The second-order valence-electron chi connectivity index (χ2n) is 12.9. The summed E-state index contributed by atoms with van der Waals surface area (Å²) in [4.78, 5) is 37.3. The number of phenolic OH excluding ortho intramolecular Hbond substituents is 1. The summed E-state index contributed by atoms with van der Waals surface area (Å²) in [6.45, 7) is 10.1. The number of amides is 1. The molecule has 46 heavy (non-hydrogen) atoms. The molecule has 5 heterocycles. The Morgan fingerprint density at radius 1 is 1.11 bits per heavy atom. The highest BCUT2D eigenvalue weighted by Crippen LogP contribution is 2.34. The lowest BCUT2D eigenvalue weighted by molar-refractivity contribution is 0.0725. The number of carbonyl (C=O) groups is 1. The van der Waals surface area contributed by atoms with Crippen LogP contribution in [0.1, 0.15) is 54.6 Å². The van der Waals surface area contributed by atoms with Gasteiger partial charge in [-0.2, -0.15) is 5.10 Å². The van der Waals surface area contributed by atoms with Crippen molar-refractivity contribution in [3.8, 4) is 28.4 Å². The Balaban J connectivity index is 1.08. The maximum Gasteiger partial charge on any atom is 0.274 e. The molecule has 5 aromatic rings. The van der Waals surface area contributed by atoms with Crippen molar-refractivity contribution in [2.45, 2.75) is 52.1 Å². The molecule has 0 saturated carbocycles. The number of rotatable bonds is 5. The van der Waals surface area contributed by atoms with Gasteiger partial charge in [-0.3, -0.25) is 14.8 Å². The highest BCUT2D eigenvalue weighted by molar-refractivity contribution is 5.94. The third kappa shape index (κ3) is 5.36. The van der Waals surface area contributed by atoms with Crippen molar-refractivity contribution in [2.75, 3.05) is 38.1 Å². The van der Waals surface area contributed by atoms with Gasteiger partial charge in [0.1, 0.15) is 17.2 Å². The Hall–Kier alpha value is -4.84. The molecular weight excluding hydrogens is 585 g/mol. The van der Waals surface area contributed by atoms with E-state index in [1.54, 1.807) is 17.3 Å². The number of H-pyrrole nitrogens is 2. The van der Waals surface area contributed by atoms with E-state index in [1.165, 1.54) is 12.1 Å². The van der Waals surface area contributed by atoms with Gasteiger partial charge in [-0.05, 0) is 74.7 Å². The van der Waals surface area contributed by atoms with Crippen LogP contribution in [-0.2, 0) is 19.4 Å². The molecule has 7 rings (SSSR count). The second kappa shape index (κ2) is 11.5. The monoisotopic (exact) mass is 623 g/mol. The molecule has 1 amide bonds. The van der Waals surface area contributed by atoms with Gasteiger partial charge in [0.05, 0.1) is 35.8 Å². The van der Waals surface area contributed by atoms with Crippen molar-refractivity contribution >= 4 is 22.6 Å². The summed E-state index contributed by atoms with van der Waals surface area (Å²) < 4.78 is 14.2. The molecule has 2 aliphatic heterocycles. The van der Waals surface area contributed by atoms with E-state index in [-0.39, 0.29) is 17.2 Å². The van der Waals surface area contributed by atoms with Gasteiger partial charge in [0.15, 0.2) is 17.4 Å². The lowest BCUT2D eigenvalue weighted by Gasteiger charge is -2.36.